The van der Waals surface area contributed by atoms with Gasteiger partial charge in [0, 0.05) is 0 Å². The van der Waals surface area contributed by atoms with Crippen LogP contribution in [0.2, 0.25) is 0 Å². The van der Waals surface area contributed by atoms with E-state index >= 15 is 0 Å². The Hall–Kier alpha value is 1.03. The predicted molar refractivity (Wildman–Crippen MR) is 54.0 cm³/mol. The molecule has 0 aliphatic rings. The Kier molecular flexibility index (Phi) is 11.1. The van der Waals surface area contributed by atoms with Crippen LogP contribution < -0.4 is 0 Å². The Bertz CT molecular complexity index is 144. The molecule has 0 amide bonds. The van der Waals surface area contributed by atoms with E-state index in [9.17, 15) is 0 Å². The van der Waals surface area contributed by atoms with Gasteiger partial charge in [0.15, 0.2) is 0 Å². The van der Waals surface area contributed by atoms with Crippen LogP contribution in [-0.4, -0.2) is 0 Å². The fourth-order valence-electron chi connectivity index (χ4n) is 0.342. The van der Waals surface area contributed by atoms with Gasteiger partial charge in [0.25, 0.3) is 0 Å². The predicted octanol–water partition coefficient (Wildman–Crippen LogP) is 4.96. The Morgan fingerprint density at radius 3 is 1.25 bits per heavy atom. The van der Waals surface area contributed by atoms with Gasteiger partial charge >= 0.3 is 49.6 Å². The maximum atomic E-state index is 5.02. The van der Waals surface area contributed by atoms with Crippen molar-refractivity contribution in [3.8, 4) is 0 Å². The molecular formula is C6H7Cl4MoN-2. The van der Waals surface area contributed by atoms with Crippen LogP contribution in [-0.2, 0) is 11.9 Å². The van der Waals surface area contributed by atoms with Crippen LogP contribution in [0.15, 0.2) is 30.3 Å². The van der Waals surface area contributed by atoms with E-state index < -0.39 is 11.9 Å². The van der Waals surface area contributed by atoms with Crippen molar-refractivity contribution in [2.45, 2.75) is 0 Å². The summed E-state index contributed by atoms with van der Waals surface area (Å²) < 4.78 is 0. The van der Waals surface area contributed by atoms with Crippen molar-refractivity contribution in [2.24, 2.45) is 0 Å². The van der Waals surface area contributed by atoms with Gasteiger partial charge in [-0.15, -0.1) is 0 Å². The van der Waals surface area contributed by atoms with Crippen LogP contribution >= 0.6 is 37.7 Å². The molecule has 0 aliphatic carbocycles. The van der Waals surface area contributed by atoms with Crippen molar-refractivity contribution in [2.75, 3.05) is 0 Å². The van der Waals surface area contributed by atoms with E-state index in [0.717, 1.165) is 0 Å². The number of halogens is 4. The standard InChI is InChI=1S/C6H5.4ClH.Mo.H2N/c1-2-4-6-5-3-1;;;;;;/h1-5H;4*1H;;1H2/q-1;;;;;+4;-1/p-4. The summed E-state index contributed by atoms with van der Waals surface area (Å²) in [6, 6.07) is 12.5. The molecule has 0 aliphatic heterocycles. The van der Waals surface area contributed by atoms with Crippen LogP contribution in [0, 0.1) is 6.07 Å². The Morgan fingerprint density at radius 2 is 1.17 bits per heavy atom. The molecule has 0 heterocycles. The first-order valence-corrected chi connectivity index (χ1v) is 12.9. The van der Waals surface area contributed by atoms with Crippen LogP contribution in [0.5, 0.6) is 0 Å². The van der Waals surface area contributed by atoms with E-state index in [0.29, 0.717) is 0 Å². The van der Waals surface area contributed by atoms with Gasteiger partial charge in [0.05, 0.1) is 0 Å². The third-order valence-corrected chi connectivity index (χ3v) is 0.607. The van der Waals surface area contributed by atoms with Gasteiger partial charge in [-0.05, 0) is 0 Å². The molecule has 0 atom stereocenters. The van der Waals surface area contributed by atoms with Crippen molar-refractivity contribution < 1.29 is 11.9 Å². The maximum Gasteiger partial charge on any atom is -0.171 e. The molecule has 0 saturated heterocycles. The molecule has 0 bridgehead atoms. The van der Waals surface area contributed by atoms with Crippen molar-refractivity contribution in [3.05, 3.63) is 42.5 Å². The second kappa shape index (κ2) is 8.62. The van der Waals surface area contributed by atoms with Crippen LogP contribution in [0.1, 0.15) is 0 Å². The molecule has 0 saturated carbocycles. The molecule has 1 rings (SSSR count). The average Bonchev–Trinajstić information content (AvgIpc) is 1.88. The summed E-state index contributed by atoms with van der Waals surface area (Å²) in [7, 11) is 20.1. The Morgan fingerprint density at radius 1 is 0.833 bits per heavy atom. The topological polar surface area (TPSA) is 33.5 Å². The first-order chi connectivity index (χ1) is 5.00. The number of hydrogen-bond donors (Lipinski definition) is 0. The van der Waals surface area contributed by atoms with Crippen LogP contribution in [0.3, 0.4) is 0 Å². The van der Waals surface area contributed by atoms with E-state index in [1.807, 2.05) is 30.3 Å². The van der Waals surface area contributed by atoms with Crippen molar-refractivity contribution in [1.29, 1.82) is 0 Å². The van der Waals surface area contributed by atoms with E-state index in [2.05, 4.69) is 6.07 Å². The second-order valence-corrected chi connectivity index (χ2v) is 19.7. The van der Waals surface area contributed by atoms with Gasteiger partial charge in [0.1, 0.15) is 0 Å². The minimum absolute atomic E-state index is 0. The molecular weight excluding hydrogens is 324 g/mol. The van der Waals surface area contributed by atoms with Crippen LogP contribution in [0.4, 0.5) is 0 Å². The quantitative estimate of drug-likeness (QED) is 0.476. The molecule has 0 aromatic heterocycles. The number of nitrogens with two attached hydrogens (primary N) is 1. The first kappa shape index (κ1) is 15.5. The summed E-state index contributed by atoms with van der Waals surface area (Å²) >= 11 is -3.13. The molecule has 0 radical (unpaired) electrons. The maximum absolute atomic E-state index is 5.02. The number of hydrogen-bond acceptors (Lipinski definition) is 0. The van der Waals surface area contributed by atoms with Crippen molar-refractivity contribution in [1.82, 2.24) is 0 Å². The van der Waals surface area contributed by atoms with Crippen LogP contribution in [0.25, 0.3) is 6.15 Å². The van der Waals surface area contributed by atoms with Gasteiger partial charge < -0.3 is 6.15 Å². The smallest absolute Gasteiger partial charge is 0.171 e. The van der Waals surface area contributed by atoms with Crippen molar-refractivity contribution >= 4 is 37.7 Å². The zero-order chi connectivity index (χ0) is 8.74. The van der Waals surface area contributed by atoms with Gasteiger partial charge in [-0.25, -0.2) is 0 Å². The summed E-state index contributed by atoms with van der Waals surface area (Å²) in [5.41, 5.74) is 0. The normalized spacial score (nSPS) is 10.3. The Balaban J connectivity index is 0. The minimum atomic E-state index is -3.13. The molecule has 1 nitrogen and oxygen atoms in total. The summed E-state index contributed by atoms with van der Waals surface area (Å²) in [5, 5.41) is 0. The molecule has 0 fully saturated rings. The third-order valence-electron chi connectivity index (χ3n) is 0.607. The fraction of sp³-hybridized carbons (Fsp3) is 0. The zero-order valence-electron chi connectivity index (χ0n) is 5.88. The van der Waals surface area contributed by atoms with Gasteiger partial charge in [-0.1, -0.05) is 0 Å². The average molecular weight is 331 g/mol. The first-order valence-electron chi connectivity index (χ1n) is 2.53. The number of benzene rings is 1. The molecule has 1 aromatic rings. The molecule has 2 N–H and O–H groups in total. The SMILES string of the molecule is [Cl][Mo]([Cl])([Cl])[Cl].[NH2-].[c-]1ccccc1. The summed E-state index contributed by atoms with van der Waals surface area (Å²) in [5.74, 6) is 0. The summed E-state index contributed by atoms with van der Waals surface area (Å²) in [6.45, 7) is 0. The molecule has 1 aromatic carbocycles. The molecule has 12 heavy (non-hydrogen) atoms. The fourth-order valence-corrected chi connectivity index (χ4v) is 0.342. The van der Waals surface area contributed by atoms with Gasteiger partial charge in [-0.2, -0.15) is 36.4 Å². The molecule has 0 spiro atoms. The third kappa shape index (κ3) is 22.5. The molecule has 72 valence electrons. The second-order valence-electron chi connectivity index (χ2n) is 1.43. The van der Waals surface area contributed by atoms with Crippen molar-refractivity contribution in [3.63, 3.8) is 0 Å². The largest absolute Gasteiger partial charge is 0.693 e. The van der Waals surface area contributed by atoms with Gasteiger partial charge in [-0.3, -0.25) is 0 Å². The minimum Gasteiger partial charge on any atom is -0.693 e. The zero-order valence-corrected chi connectivity index (χ0v) is 10.9. The Labute approximate surface area is 91.4 Å². The molecule has 0 unspecified atom stereocenters. The van der Waals surface area contributed by atoms with E-state index in [4.69, 9.17) is 37.7 Å². The van der Waals surface area contributed by atoms with E-state index in [-0.39, 0.29) is 6.15 Å². The van der Waals surface area contributed by atoms with E-state index in [1.54, 1.807) is 0 Å². The van der Waals surface area contributed by atoms with E-state index in [1.165, 1.54) is 0 Å². The monoisotopic (exact) mass is 331 g/mol. The van der Waals surface area contributed by atoms with Gasteiger partial charge in [0.2, 0.25) is 0 Å². The summed E-state index contributed by atoms with van der Waals surface area (Å²) in [4.78, 5) is 0. The number of rotatable bonds is 0. The molecule has 6 heteroatoms. The summed E-state index contributed by atoms with van der Waals surface area (Å²) in [6.07, 6.45) is 0.